The second-order valence-corrected chi connectivity index (χ2v) is 6.36. The van der Waals surface area contributed by atoms with Crippen molar-refractivity contribution in [1.29, 1.82) is 0 Å². The largest absolute Gasteiger partial charge is 0.392 e. The van der Waals surface area contributed by atoms with E-state index in [0.29, 0.717) is 13.1 Å². The van der Waals surface area contributed by atoms with E-state index in [1.165, 1.54) is 0 Å². The highest BCUT2D eigenvalue weighted by molar-refractivity contribution is 5.74. The number of amides is 2. The van der Waals surface area contributed by atoms with Crippen molar-refractivity contribution in [3.05, 3.63) is 42.2 Å². The van der Waals surface area contributed by atoms with Crippen LogP contribution in [-0.2, 0) is 13.6 Å². The van der Waals surface area contributed by atoms with Crippen LogP contribution >= 0.6 is 0 Å². The van der Waals surface area contributed by atoms with Crippen molar-refractivity contribution in [2.45, 2.75) is 39.5 Å². The fourth-order valence-electron chi connectivity index (χ4n) is 2.52. The normalized spacial score (nSPS) is 12.2. The summed E-state index contributed by atoms with van der Waals surface area (Å²) in [6, 6.07) is 7.88. The molecule has 0 aliphatic carbocycles. The summed E-state index contributed by atoms with van der Waals surface area (Å²) >= 11 is 0. The Kier molecular flexibility index (Phi) is 5.98. The Labute approximate surface area is 143 Å². The molecule has 0 saturated carbocycles. The average Bonchev–Trinajstić information content (AvgIpc) is 2.97. The van der Waals surface area contributed by atoms with Crippen LogP contribution in [0.2, 0.25) is 0 Å². The molecule has 2 rings (SSSR count). The lowest BCUT2D eigenvalue weighted by atomic mass is 10.1. The quantitative estimate of drug-likeness (QED) is 0.854. The van der Waals surface area contributed by atoms with Crippen molar-refractivity contribution >= 4 is 6.03 Å². The number of benzene rings is 1. The lowest BCUT2D eigenvalue weighted by Crippen LogP contribution is -2.46. The number of nitrogens with one attached hydrogen (secondary N) is 1. The molecule has 0 radical (unpaired) electrons. The Morgan fingerprint density at radius 1 is 1.33 bits per heavy atom. The summed E-state index contributed by atoms with van der Waals surface area (Å²) in [4.78, 5) is 14.0. The van der Waals surface area contributed by atoms with E-state index in [0.717, 1.165) is 16.7 Å². The molecular weight excluding hydrogens is 304 g/mol. The zero-order valence-corrected chi connectivity index (χ0v) is 14.7. The molecule has 1 aromatic heterocycles. The molecule has 2 amide bonds. The van der Waals surface area contributed by atoms with E-state index in [-0.39, 0.29) is 12.1 Å². The highest BCUT2D eigenvalue weighted by Crippen LogP contribution is 2.19. The fraction of sp³-hybridized carbons (Fsp3) is 0.444. The van der Waals surface area contributed by atoms with E-state index in [2.05, 4.69) is 10.4 Å². The van der Waals surface area contributed by atoms with Gasteiger partial charge >= 0.3 is 6.03 Å². The van der Waals surface area contributed by atoms with Gasteiger partial charge in [-0.1, -0.05) is 18.2 Å². The highest BCUT2D eigenvalue weighted by Gasteiger charge is 2.18. The van der Waals surface area contributed by atoms with Crippen molar-refractivity contribution in [2.24, 2.45) is 7.05 Å². The number of aromatic nitrogens is 2. The van der Waals surface area contributed by atoms with Crippen molar-refractivity contribution < 1.29 is 9.90 Å². The Bertz CT molecular complexity index is 679. The summed E-state index contributed by atoms with van der Waals surface area (Å²) in [6.07, 6.45) is 3.23. The molecule has 2 aromatic rings. The molecule has 0 aliphatic heterocycles. The predicted molar refractivity (Wildman–Crippen MR) is 94.4 cm³/mol. The summed E-state index contributed by atoms with van der Waals surface area (Å²) in [5, 5.41) is 16.6. The molecule has 0 fully saturated rings. The number of carbonyl (C=O) groups excluding carboxylic acids is 1. The second-order valence-electron chi connectivity index (χ2n) is 6.36. The second kappa shape index (κ2) is 7.97. The van der Waals surface area contributed by atoms with Crippen LogP contribution < -0.4 is 5.32 Å². The number of aliphatic hydroxyl groups excluding tert-OH is 1. The zero-order valence-electron chi connectivity index (χ0n) is 14.7. The van der Waals surface area contributed by atoms with E-state index in [1.54, 1.807) is 16.5 Å². The molecule has 1 atom stereocenters. The van der Waals surface area contributed by atoms with Crippen LogP contribution in [-0.4, -0.2) is 44.5 Å². The number of nitrogens with zero attached hydrogens (tertiary/aromatic N) is 3. The monoisotopic (exact) mass is 330 g/mol. The fourth-order valence-corrected chi connectivity index (χ4v) is 2.52. The van der Waals surface area contributed by atoms with Crippen LogP contribution in [0.4, 0.5) is 4.79 Å². The van der Waals surface area contributed by atoms with Gasteiger partial charge in [0.05, 0.1) is 12.3 Å². The van der Waals surface area contributed by atoms with Gasteiger partial charge in [0, 0.05) is 37.9 Å². The molecule has 24 heavy (non-hydrogen) atoms. The zero-order chi connectivity index (χ0) is 17.7. The highest BCUT2D eigenvalue weighted by atomic mass is 16.3. The molecular formula is C18H26N4O2. The summed E-state index contributed by atoms with van der Waals surface area (Å²) in [5.41, 5.74) is 3.13. The van der Waals surface area contributed by atoms with Crippen LogP contribution in [0, 0.1) is 0 Å². The van der Waals surface area contributed by atoms with Crippen molar-refractivity contribution in [3.63, 3.8) is 0 Å². The number of aryl methyl sites for hydroxylation is 1. The first-order valence-electron chi connectivity index (χ1n) is 8.17. The Hall–Kier alpha value is -2.34. The molecule has 0 spiro atoms. The van der Waals surface area contributed by atoms with E-state index >= 15 is 0 Å². The van der Waals surface area contributed by atoms with Crippen molar-refractivity contribution in [1.82, 2.24) is 20.0 Å². The number of hydrogen-bond acceptors (Lipinski definition) is 3. The van der Waals surface area contributed by atoms with Gasteiger partial charge in [-0.2, -0.15) is 5.10 Å². The summed E-state index contributed by atoms with van der Waals surface area (Å²) in [5.74, 6) is 0. The minimum absolute atomic E-state index is 0.0290. The lowest BCUT2D eigenvalue weighted by molar-refractivity contribution is 0.119. The van der Waals surface area contributed by atoms with Gasteiger partial charge in [-0.15, -0.1) is 0 Å². The van der Waals surface area contributed by atoms with Gasteiger partial charge in [-0.3, -0.25) is 4.68 Å². The van der Waals surface area contributed by atoms with Crippen LogP contribution in [0.15, 0.2) is 36.7 Å². The maximum Gasteiger partial charge on any atom is 0.317 e. The van der Waals surface area contributed by atoms with Gasteiger partial charge < -0.3 is 15.3 Å². The van der Waals surface area contributed by atoms with Crippen LogP contribution in [0.25, 0.3) is 11.1 Å². The van der Waals surface area contributed by atoms with Crippen LogP contribution in [0.3, 0.4) is 0 Å². The van der Waals surface area contributed by atoms with E-state index in [1.807, 2.05) is 57.6 Å². The third-order valence-corrected chi connectivity index (χ3v) is 3.75. The Balaban J connectivity index is 2.02. The number of hydrogen-bond donors (Lipinski definition) is 2. The summed E-state index contributed by atoms with van der Waals surface area (Å²) in [7, 11) is 1.89. The van der Waals surface area contributed by atoms with Crippen LogP contribution in [0.1, 0.15) is 26.3 Å². The van der Waals surface area contributed by atoms with Gasteiger partial charge in [-0.05, 0) is 38.0 Å². The maximum absolute atomic E-state index is 12.3. The third kappa shape index (κ3) is 4.83. The van der Waals surface area contributed by atoms with Gasteiger partial charge in [0.25, 0.3) is 0 Å². The minimum atomic E-state index is -0.549. The van der Waals surface area contributed by atoms with E-state index in [9.17, 15) is 9.90 Å². The lowest BCUT2D eigenvalue weighted by Gasteiger charge is -2.28. The topological polar surface area (TPSA) is 70.4 Å². The molecule has 0 bridgehead atoms. The van der Waals surface area contributed by atoms with Crippen molar-refractivity contribution in [3.8, 4) is 11.1 Å². The van der Waals surface area contributed by atoms with Gasteiger partial charge in [0.2, 0.25) is 0 Å². The standard InChI is InChI=1S/C18H26N4O2/c1-13(2)22(11-14(3)23)18(24)19-9-15-6-5-7-16(8-15)17-10-20-21(4)12-17/h5-8,10,12-14,23H,9,11H2,1-4H3,(H,19,24). The molecule has 1 aromatic carbocycles. The molecule has 1 unspecified atom stereocenters. The average molecular weight is 330 g/mol. The number of carbonyl (C=O) groups is 1. The first kappa shape index (κ1) is 18.0. The smallest absolute Gasteiger partial charge is 0.317 e. The summed E-state index contributed by atoms with van der Waals surface area (Å²) < 4.78 is 1.76. The SMILES string of the molecule is CC(O)CN(C(=O)NCc1cccc(-c2cnn(C)c2)c1)C(C)C. The molecule has 0 saturated heterocycles. The first-order valence-corrected chi connectivity index (χ1v) is 8.17. The first-order chi connectivity index (χ1) is 11.4. The third-order valence-electron chi connectivity index (χ3n) is 3.75. The van der Waals surface area contributed by atoms with Gasteiger partial charge in [-0.25, -0.2) is 4.79 Å². The summed E-state index contributed by atoms with van der Waals surface area (Å²) in [6.45, 7) is 6.31. The molecule has 6 heteroatoms. The molecule has 0 aliphatic rings. The number of urea groups is 1. The van der Waals surface area contributed by atoms with Crippen LogP contribution in [0.5, 0.6) is 0 Å². The molecule has 130 valence electrons. The van der Waals surface area contributed by atoms with E-state index in [4.69, 9.17) is 0 Å². The maximum atomic E-state index is 12.3. The Morgan fingerprint density at radius 3 is 2.67 bits per heavy atom. The Morgan fingerprint density at radius 2 is 2.08 bits per heavy atom. The number of aliphatic hydroxyl groups is 1. The molecule has 6 nitrogen and oxygen atoms in total. The molecule has 1 heterocycles. The minimum Gasteiger partial charge on any atom is -0.392 e. The van der Waals surface area contributed by atoms with Crippen molar-refractivity contribution in [2.75, 3.05) is 6.54 Å². The molecule has 2 N–H and O–H groups in total. The van der Waals surface area contributed by atoms with Gasteiger partial charge in [0.1, 0.15) is 0 Å². The van der Waals surface area contributed by atoms with E-state index < -0.39 is 6.10 Å². The van der Waals surface area contributed by atoms with Gasteiger partial charge in [0.15, 0.2) is 0 Å². The predicted octanol–water partition coefficient (Wildman–Crippen LogP) is 2.39. The number of rotatable bonds is 6.